The highest BCUT2D eigenvalue weighted by Crippen LogP contribution is 2.35. The Morgan fingerprint density at radius 3 is 1.81 bits per heavy atom. The van der Waals surface area contributed by atoms with E-state index in [9.17, 15) is 19.2 Å². The minimum absolute atomic E-state index is 0.0130. The Labute approximate surface area is 154 Å². The van der Waals surface area contributed by atoms with E-state index in [-0.39, 0.29) is 11.8 Å². The Morgan fingerprint density at radius 2 is 1.31 bits per heavy atom. The van der Waals surface area contributed by atoms with Gasteiger partial charge < -0.3 is 23.7 Å². The van der Waals surface area contributed by atoms with E-state index in [0.29, 0.717) is 0 Å². The quantitative estimate of drug-likeness (QED) is 0.357. The van der Waals surface area contributed by atoms with Crippen molar-refractivity contribution < 1.29 is 42.9 Å². The van der Waals surface area contributed by atoms with Crippen LogP contribution in [-0.4, -0.2) is 71.1 Å². The molecule has 0 N–H and O–H groups in total. The fraction of sp³-hybridized carbons (Fsp3) is 0.667. The molecule has 0 amide bonds. The van der Waals surface area contributed by atoms with Gasteiger partial charge in [0.2, 0.25) is 6.23 Å². The number of carbonyl (C=O) groups is 4. The molecule has 2 aliphatic heterocycles. The Hall–Kier alpha value is -2.43. The summed E-state index contributed by atoms with van der Waals surface area (Å²) in [6, 6.07) is -0.688. The van der Waals surface area contributed by atoms with Crippen LogP contribution in [0.1, 0.15) is 27.7 Å². The molecule has 2 fully saturated rings. The molecule has 2 heterocycles. The van der Waals surface area contributed by atoms with E-state index in [4.69, 9.17) is 35.9 Å². The van der Waals surface area contributed by atoms with Gasteiger partial charge in [-0.2, -0.15) is 0 Å². The van der Waals surface area contributed by atoms with Gasteiger partial charge in [-0.05, 0) is 12.2 Å². The summed E-state index contributed by atoms with van der Waals surface area (Å²) in [5.41, 5.74) is 0. The molecule has 0 unspecified atom stereocenters. The topological polar surface area (TPSA) is 118 Å². The first-order valence-electron chi connectivity index (χ1n) is 7.75. The Morgan fingerprint density at radius 1 is 0.846 bits per heavy atom. The molecular formula is C15H19NO9S. The van der Waals surface area contributed by atoms with Gasteiger partial charge in [-0.15, -0.1) is 0 Å². The molecule has 26 heavy (non-hydrogen) atoms. The highest BCUT2D eigenvalue weighted by Gasteiger charge is 2.59. The van der Waals surface area contributed by atoms with Crippen molar-refractivity contribution in [1.29, 1.82) is 0 Å². The van der Waals surface area contributed by atoms with Crippen molar-refractivity contribution in [2.75, 3.05) is 6.61 Å². The fourth-order valence-corrected chi connectivity index (χ4v) is 3.30. The van der Waals surface area contributed by atoms with Crippen molar-refractivity contribution in [1.82, 2.24) is 4.90 Å². The summed E-state index contributed by atoms with van der Waals surface area (Å²) in [6.07, 6.45) is -4.74. The van der Waals surface area contributed by atoms with E-state index in [1.54, 1.807) is 0 Å². The number of esters is 4. The van der Waals surface area contributed by atoms with Gasteiger partial charge in [-0.25, -0.2) is 0 Å². The van der Waals surface area contributed by atoms with E-state index in [1.807, 2.05) is 0 Å². The van der Waals surface area contributed by atoms with Gasteiger partial charge in [0, 0.05) is 27.7 Å². The third-order valence-electron chi connectivity index (χ3n) is 3.72. The van der Waals surface area contributed by atoms with Crippen LogP contribution >= 0.6 is 12.2 Å². The van der Waals surface area contributed by atoms with E-state index < -0.39 is 54.5 Å². The van der Waals surface area contributed by atoms with Gasteiger partial charge >= 0.3 is 23.9 Å². The lowest BCUT2D eigenvalue weighted by molar-refractivity contribution is -0.234. The van der Waals surface area contributed by atoms with Crippen LogP contribution in [0, 0.1) is 0 Å². The van der Waals surface area contributed by atoms with Crippen LogP contribution in [0.4, 0.5) is 0 Å². The second-order valence-electron chi connectivity index (χ2n) is 5.77. The van der Waals surface area contributed by atoms with E-state index in [1.165, 1.54) is 18.7 Å². The van der Waals surface area contributed by atoms with Gasteiger partial charge in [-0.1, -0.05) is 0 Å². The third-order valence-corrected chi connectivity index (χ3v) is 4.05. The van der Waals surface area contributed by atoms with Crippen LogP contribution in [-0.2, 0) is 42.9 Å². The van der Waals surface area contributed by atoms with E-state index in [2.05, 4.69) is 0 Å². The highest BCUT2D eigenvalue weighted by atomic mass is 32.1. The monoisotopic (exact) mass is 389 g/mol. The summed E-state index contributed by atoms with van der Waals surface area (Å²) < 4.78 is 26.4. The molecule has 0 aromatic rings. The first-order valence-corrected chi connectivity index (χ1v) is 8.16. The fourth-order valence-electron chi connectivity index (χ4n) is 2.99. The molecule has 0 saturated carbocycles. The Balaban J connectivity index is 2.51. The zero-order valence-corrected chi connectivity index (χ0v) is 15.4. The minimum Gasteiger partial charge on any atom is -0.468 e. The van der Waals surface area contributed by atoms with Crippen molar-refractivity contribution in [2.24, 2.45) is 0 Å². The molecule has 144 valence electrons. The van der Waals surface area contributed by atoms with Crippen LogP contribution in [0.5, 0.6) is 0 Å². The molecule has 5 atom stereocenters. The third kappa shape index (κ3) is 4.21. The maximum absolute atomic E-state index is 11.6. The molecule has 2 saturated heterocycles. The summed E-state index contributed by atoms with van der Waals surface area (Å²) in [6.45, 7) is 4.65. The maximum atomic E-state index is 11.6. The molecule has 11 heteroatoms. The van der Waals surface area contributed by atoms with Crippen molar-refractivity contribution >= 4 is 41.3 Å². The molecule has 0 spiro atoms. The summed E-state index contributed by atoms with van der Waals surface area (Å²) in [5, 5.41) is -0.0168. The number of piperidine rings is 1. The van der Waals surface area contributed by atoms with Crippen LogP contribution in [0.2, 0.25) is 0 Å². The lowest BCUT2D eigenvalue weighted by Crippen LogP contribution is -2.69. The lowest BCUT2D eigenvalue weighted by Gasteiger charge is -2.47. The molecule has 0 radical (unpaired) electrons. The molecule has 2 rings (SSSR count). The minimum atomic E-state index is -1.28. The molecule has 10 nitrogen and oxygen atoms in total. The van der Waals surface area contributed by atoms with E-state index in [0.717, 1.165) is 13.8 Å². The number of nitrogens with zero attached hydrogens (tertiary/aromatic N) is 1. The number of ether oxygens (including phenoxy) is 5. The summed E-state index contributed by atoms with van der Waals surface area (Å²) >= 11 is 5.13. The molecule has 0 aromatic carbocycles. The highest BCUT2D eigenvalue weighted by molar-refractivity contribution is 7.80. The zero-order valence-electron chi connectivity index (χ0n) is 14.6. The number of hydrogen-bond acceptors (Lipinski definition) is 10. The molecule has 0 aromatic heterocycles. The largest absolute Gasteiger partial charge is 0.468 e. The molecule has 0 bridgehead atoms. The SMILES string of the molecule is CC(=O)O[C@H]1[C@@H](OC(C)=O)[C@@H](OC(C)=O)N2C(=S)OC[C@@H]2[C@H]1OC(C)=O. The normalized spacial score (nSPS) is 29.9. The average Bonchev–Trinajstić information content (AvgIpc) is 2.86. The van der Waals surface area contributed by atoms with E-state index >= 15 is 0 Å². The predicted octanol–water partition coefficient (Wildman–Crippen LogP) is -0.330. The second kappa shape index (κ2) is 7.85. The molecule has 2 aliphatic rings. The van der Waals surface area contributed by atoms with Gasteiger partial charge in [0.05, 0.1) is 0 Å². The Kier molecular flexibility index (Phi) is 6.01. The molecular weight excluding hydrogens is 370 g/mol. The summed E-state index contributed by atoms with van der Waals surface area (Å²) in [4.78, 5) is 47.6. The first-order chi connectivity index (χ1) is 12.1. The van der Waals surface area contributed by atoms with Crippen molar-refractivity contribution in [3.05, 3.63) is 0 Å². The van der Waals surface area contributed by atoms with Gasteiger partial charge in [-0.3, -0.25) is 24.1 Å². The molecule has 0 aliphatic carbocycles. The summed E-state index contributed by atoms with van der Waals surface area (Å²) in [5.74, 6) is -2.72. The van der Waals surface area contributed by atoms with Gasteiger partial charge in [0.1, 0.15) is 12.6 Å². The maximum Gasteiger partial charge on any atom is 0.304 e. The van der Waals surface area contributed by atoms with Crippen molar-refractivity contribution in [3.63, 3.8) is 0 Å². The number of rotatable bonds is 4. The smallest absolute Gasteiger partial charge is 0.304 e. The van der Waals surface area contributed by atoms with Crippen LogP contribution < -0.4 is 0 Å². The zero-order chi connectivity index (χ0) is 19.6. The average molecular weight is 389 g/mol. The van der Waals surface area contributed by atoms with Crippen molar-refractivity contribution in [2.45, 2.75) is 58.3 Å². The number of carbonyl (C=O) groups excluding carboxylic acids is 4. The second-order valence-corrected chi connectivity index (χ2v) is 6.12. The van der Waals surface area contributed by atoms with Gasteiger partial charge in [0.25, 0.3) is 5.17 Å². The van der Waals surface area contributed by atoms with Gasteiger partial charge in [0.15, 0.2) is 18.3 Å². The van der Waals surface area contributed by atoms with Crippen LogP contribution in [0.3, 0.4) is 0 Å². The number of hydrogen-bond donors (Lipinski definition) is 0. The predicted molar refractivity (Wildman–Crippen MR) is 86.4 cm³/mol. The van der Waals surface area contributed by atoms with Crippen LogP contribution in [0.15, 0.2) is 0 Å². The number of fused-ring (bicyclic) bond motifs is 1. The Bertz CT molecular complexity index is 637. The standard InChI is InChI=1S/C15H19NO9S/c1-6(17)22-11-10-5-21-15(26)16(10)14(25-9(4)20)13(24-8(3)19)12(11)23-7(2)18/h10-14H,5H2,1-4H3/t10-,11-,12-,13-,14-/m1/s1. The first kappa shape index (κ1) is 19.9. The number of thiocarbonyl (C=S) groups is 1. The van der Waals surface area contributed by atoms with Crippen molar-refractivity contribution in [3.8, 4) is 0 Å². The van der Waals surface area contributed by atoms with Crippen LogP contribution in [0.25, 0.3) is 0 Å². The summed E-state index contributed by atoms with van der Waals surface area (Å²) in [7, 11) is 0. The lowest BCUT2D eigenvalue weighted by atomic mass is 9.93.